The minimum Gasteiger partial charge on any atom is -0.464 e. The molecule has 0 saturated heterocycles. The Labute approximate surface area is 223 Å². The number of nitrogens with two attached hydrogens (primary N) is 1. The summed E-state index contributed by atoms with van der Waals surface area (Å²) < 4.78 is 0. The maximum atomic E-state index is 13.9. The van der Waals surface area contributed by atoms with E-state index in [-0.39, 0.29) is 12.8 Å². The third-order valence-corrected chi connectivity index (χ3v) is 6.87. The molecule has 0 bridgehead atoms. The lowest BCUT2D eigenvalue weighted by Gasteiger charge is -2.48. The Kier molecular flexibility index (Phi) is 10.8. The highest BCUT2D eigenvalue weighted by atomic mass is 16.4. The van der Waals surface area contributed by atoms with Gasteiger partial charge in [0.2, 0.25) is 0 Å². The van der Waals surface area contributed by atoms with Gasteiger partial charge in [0.25, 0.3) is 5.91 Å². The highest BCUT2D eigenvalue weighted by Crippen LogP contribution is 2.34. The largest absolute Gasteiger partial charge is 0.464 e. The van der Waals surface area contributed by atoms with Crippen molar-refractivity contribution in [3.05, 3.63) is 71.8 Å². The number of rotatable bonds is 11. The van der Waals surface area contributed by atoms with Crippen LogP contribution in [0.3, 0.4) is 0 Å². The molecule has 10 heteroatoms. The standard InChI is InChI=1S/C28H41N3O7/c1-19(33)22(17-21-13-9-6-10-14-21)30(26(36)37)31(25(35)28(38,18-32)27(2,3)4)24(29)23(34)16-15-20-11-7-5-8-12-20/h5-14,19,22-24,32-34,38H,15-18,29H2,1-4H3,(H,36,37). The van der Waals surface area contributed by atoms with Crippen molar-refractivity contribution in [2.75, 3.05) is 6.61 Å². The molecule has 38 heavy (non-hydrogen) atoms. The molecule has 0 aromatic heterocycles. The fourth-order valence-corrected chi connectivity index (χ4v) is 4.20. The number of amides is 2. The lowest BCUT2D eigenvalue weighted by molar-refractivity contribution is -0.201. The van der Waals surface area contributed by atoms with Crippen LogP contribution in [0, 0.1) is 5.41 Å². The molecule has 0 fully saturated rings. The number of carbonyl (C=O) groups excluding carboxylic acids is 1. The molecule has 7 N–H and O–H groups in total. The molecule has 0 aliphatic heterocycles. The third-order valence-electron chi connectivity index (χ3n) is 6.87. The Balaban J connectivity index is 2.56. The smallest absolute Gasteiger partial charge is 0.426 e. The number of hydrogen-bond acceptors (Lipinski definition) is 7. The van der Waals surface area contributed by atoms with Gasteiger partial charge in [0.05, 0.1) is 24.9 Å². The predicted octanol–water partition coefficient (Wildman–Crippen LogP) is 1.75. The summed E-state index contributed by atoms with van der Waals surface area (Å²) in [5.41, 5.74) is 4.26. The third kappa shape index (κ3) is 7.30. The van der Waals surface area contributed by atoms with Crippen LogP contribution in [0.1, 0.15) is 45.2 Å². The molecule has 0 saturated carbocycles. The van der Waals surface area contributed by atoms with Gasteiger partial charge in [-0.3, -0.25) is 4.79 Å². The van der Waals surface area contributed by atoms with Crippen molar-refractivity contribution in [1.82, 2.24) is 10.0 Å². The number of aryl methyl sites for hydroxylation is 1. The maximum absolute atomic E-state index is 13.9. The SMILES string of the molecule is CC(O)C(Cc1ccccc1)N(C(=O)O)N(C(=O)C(O)(CO)C(C)(C)C)C(N)C(O)CCc1ccccc1. The average molecular weight is 532 g/mol. The van der Waals surface area contributed by atoms with E-state index in [9.17, 15) is 35.1 Å². The highest BCUT2D eigenvalue weighted by Gasteiger charge is 2.53. The van der Waals surface area contributed by atoms with E-state index in [1.165, 1.54) is 27.7 Å². The second-order valence-corrected chi connectivity index (χ2v) is 10.6. The Bertz CT molecular complexity index is 1030. The summed E-state index contributed by atoms with van der Waals surface area (Å²) >= 11 is 0. The van der Waals surface area contributed by atoms with Crippen LogP contribution in [0.2, 0.25) is 0 Å². The van der Waals surface area contributed by atoms with Gasteiger partial charge in [0, 0.05) is 5.41 Å². The number of benzene rings is 2. The van der Waals surface area contributed by atoms with Crippen molar-refractivity contribution in [2.24, 2.45) is 11.1 Å². The topological polar surface area (TPSA) is 168 Å². The van der Waals surface area contributed by atoms with Gasteiger partial charge in [-0.1, -0.05) is 81.4 Å². The summed E-state index contributed by atoms with van der Waals surface area (Å²) in [4.78, 5) is 26.6. The fraction of sp³-hybridized carbons (Fsp3) is 0.500. The molecule has 2 aromatic rings. The Morgan fingerprint density at radius 2 is 1.42 bits per heavy atom. The summed E-state index contributed by atoms with van der Waals surface area (Å²) in [6.07, 6.45) is -5.46. The molecular weight excluding hydrogens is 490 g/mol. The first-order valence-corrected chi connectivity index (χ1v) is 12.6. The number of nitrogens with zero attached hydrogens (tertiary/aromatic N) is 2. The molecule has 5 unspecified atom stereocenters. The number of aliphatic hydroxyl groups excluding tert-OH is 3. The first-order chi connectivity index (χ1) is 17.7. The second kappa shape index (κ2) is 13.2. The van der Waals surface area contributed by atoms with E-state index in [0.717, 1.165) is 5.56 Å². The van der Waals surface area contributed by atoms with E-state index in [1.807, 2.05) is 30.3 Å². The summed E-state index contributed by atoms with van der Waals surface area (Å²) in [7, 11) is 0. The van der Waals surface area contributed by atoms with E-state index in [2.05, 4.69) is 0 Å². The summed E-state index contributed by atoms with van der Waals surface area (Å²) in [6, 6.07) is 16.8. The fourth-order valence-electron chi connectivity index (χ4n) is 4.20. The van der Waals surface area contributed by atoms with Gasteiger partial charge in [-0.25, -0.2) is 14.8 Å². The number of carboxylic acid groups (broad SMARTS) is 1. The summed E-state index contributed by atoms with van der Waals surface area (Å²) in [6.45, 7) is 4.89. The van der Waals surface area contributed by atoms with Gasteiger partial charge in [0.15, 0.2) is 5.60 Å². The molecule has 0 spiro atoms. The number of hydrogen-bond donors (Lipinski definition) is 6. The van der Waals surface area contributed by atoms with E-state index in [0.29, 0.717) is 22.0 Å². The Morgan fingerprint density at radius 1 is 0.921 bits per heavy atom. The van der Waals surface area contributed by atoms with E-state index in [1.54, 1.807) is 30.3 Å². The molecule has 5 atom stereocenters. The number of aliphatic hydroxyl groups is 4. The van der Waals surface area contributed by atoms with Gasteiger partial charge in [-0.15, -0.1) is 0 Å². The molecular formula is C28H41N3O7. The van der Waals surface area contributed by atoms with E-state index >= 15 is 0 Å². The number of hydrazine groups is 1. The van der Waals surface area contributed by atoms with Crippen molar-refractivity contribution in [2.45, 2.75) is 77.0 Å². The molecule has 2 aromatic carbocycles. The van der Waals surface area contributed by atoms with Crippen LogP contribution >= 0.6 is 0 Å². The van der Waals surface area contributed by atoms with Crippen LogP contribution in [-0.4, -0.2) is 84.2 Å². The zero-order valence-corrected chi connectivity index (χ0v) is 22.4. The predicted molar refractivity (Wildman–Crippen MR) is 143 cm³/mol. The molecule has 0 radical (unpaired) electrons. The average Bonchev–Trinajstić information content (AvgIpc) is 2.88. The van der Waals surface area contributed by atoms with Gasteiger partial charge < -0.3 is 31.3 Å². The first-order valence-electron chi connectivity index (χ1n) is 12.6. The quantitative estimate of drug-likeness (QED) is 0.188. The van der Waals surface area contributed by atoms with E-state index < -0.39 is 54.0 Å². The summed E-state index contributed by atoms with van der Waals surface area (Å²) in [5, 5.41) is 54.6. The maximum Gasteiger partial charge on any atom is 0.426 e. The van der Waals surface area contributed by atoms with Crippen molar-refractivity contribution >= 4 is 12.0 Å². The lowest BCUT2D eigenvalue weighted by atomic mass is 9.76. The monoisotopic (exact) mass is 531 g/mol. The van der Waals surface area contributed by atoms with Crippen LogP contribution in [0.4, 0.5) is 4.79 Å². The highest BCUT2D eigenvalue weighted by molar-refractivity contribution is 5.87. The van der Waals surface area contributed by atoms with Crippen molar-refractivity contribution < 1.29 is 35.1 Å². The van der Waals surface area contributed by atoms with Crippen molar-refractivity contribution in [1.29, 1.82) is 0 Å². The van der Waals surface area contributed by atoms with Crippen LogP contribution in [0.15, 0.2) is 60.7 Å². The molecule has 2 amide bonds. The van der Waals surface area contributed by atoms with Crippen LogP contribution in [0.25, 0.3) is 0 Å². The Hall–Kier alpha value is -3.02. The van der Waals surface area contributed by atoms with Gasteiger partial charge in [-0.05, 0) is 37.3 Å². The van der Waals surface area contributed by atoms with Crippen molar-refractivity contribution in [3.63, 3.8) is 0 Å². The van der Waals surface area contributed by atoms with Crippen molar-refractivity contribution in [3.8, 4) is 0 Å². The molecule has 210 valence electrons. The second-order valence-electron chi connectivity index (χ2n) is 10.6. The zero-order chi connectivity index (χ0) is 28.7. The normalized spacial score (nSPS) is 16.6. The molecule has 2 rings (SSSR count). The van der Waals surface area contributed by atoms with Crippen LogP contribution in [-0.2, 0) is 17.6 Å². The molecule has 10 nitrogen and oxygen atoms in total. The minimum absolute atomic E-state index is 0.00842. The van der Waals surface area contributed by atoms with Gasteiger partial charge in [-0.2, -0.15) is 0 Å². The minimum atomic E-state index is -2.45. The number of carbonyl (C=O) groups is 2. The Morgan fingerprint density at radius 3 is 1.84 bits per heavy atom. The first kappa shape index (κ1) is 31.2. The van der Waals surface area contributed by atoms with Gasteiger partial charge in [0.1, 0.15) is 6.17 Å². The van der Waals surface area contributed by atoms with Gasteiger partial charge >= 0.3 is 6.09 Å². The van der Waals surface area contributed by atoms with Crippen LogP contribution < -0.4 is 5.73 Å². The molecule has 0 aliphatic carbocycles. The van der Waals surface area contributed by atoms with Crippen LogP contribution in [0.5, 0.6) is 0 Å². The zero-order valence-electron chi connectivity index (χ0n) is 22.4. The summed E-state index contributed by atoms with van der Waals surface area (Å²) in [5.74, 6) is -1.21. The molecule has 0 heterocycles. The van der Waals surface area contributed by atoms with E-state index in [4.69, 9.17) is 5.73 Å². The lowest BCUT2D eigenvalue weighted by Crippen LogP contribution is -2.71. The molecule has 0 aliphatic rings.